The molecule has 9 heteroatoms. The van der Waals surface area contributed by atoms with Crippen LogP contribution in [-0.4, -0.2) is 25.0 Å². The molecule has 7 nitrogen and oxygen atoms in total. The Bertz CT molecular complexity index is 1050. The average Bonchev–Trinajstić information content (AvgIpc) is 3.55. The lowest BCUT2D eigenvalue weighted by Gasteiger charge is -2.30. The first-order valence-electron chi connectivity index (χ1n) is 10.8. The molecule has 0 radical (unpaired) electrons. The summed E-state index contributed by atoms with van der Waals surface area (Å²) in [6, 6.07) is 6.68. The number of aryl methyl sites for hydroxylation is 1. The van der Waals surface area contributed by atoms with Gasteiger partial charge in [0.15, 0.2) is 22.5 Å². The van der Waals surface area contributed by atoms with Crippen LogP contribution in [0.5, 0.6) is 5.75 Å². The molecule has 2 aliphatic rings. The molecule has 31 heavy (non-hydrogen) atoms. The molecule has 3 aromatic rings. The topological polar surface area (TPSA) is 78.9 Å². The van der Waals surface area contributed by atoms with Crippen LogP contribution in [0, 0.1) is 30.5 Å². The van der Waals surface area contributed by atoms with Gasteiger partial charge in [-0.2, -0.15) is 0 Å². The summed E-state index contributed by atoms with van der Waals surface area (Å²) in [6.07, 6.45) is 5.26. The number of rotatable bonds is 8. The molecule has 2 heterocycles. The van der Waals surface area contributed by atoms with Crippen LogP contribution in [0.2, 0.25) is 0 Å². The predicted octanol–water partition coefficient (Wildman–Crippen LogP) is 4.98. The van der Waals surface area contributed by atoms with Crippen molar-refractivity contribution in [1.82, 2.24) is 25.0 Å². The summed E-state index contributed by atoms with van der Waals surface area (Å²) in [5.74, 6) is 4.41. The largest absolute Gasteiger partial charge is 0.483 e. The van der Waals surface area contributed by atoms with Gasteiger partial charge in [-0.15, -0.1) is 20.4 Å². The van der Waals surface area contributed by atoms with E-state index in [1.807, 2.05) is 0 Å². The van der Waals surface area contributed by atoms with Gasteiger partial charge >= 0.3 is 0 Å². The van der Waals surface area contributed by atoms with E-state index < -0.39 is 0 Å². The molecule has 0 spiro atoms. The highest BCUT2D eigenvalue weighted by atomic mass is 32.2. The summed E-state index contributed by atoms with van der Waals surface area (Å²) in [7, 11) is 0. The summed E-state index contributed by atoms with van der Waals surface area (Å²) in [5.41, 5.74) is 0. The minimum atomic E-state index is -0.379. The molecule has 1 aromatic carbocycles. The highest BCUT2D eigenvalue weighted by Gasteiger charge is 2.43. The second kappa shape index (κ2) is 8.61. The van der Waals surface area contributed by atoms with Crippen molar-refractivity contribution in [1.29, 1.82) is 0 Å². The second-order valence-electron chi connectivity index (χ2n) is 8.57. The Morgan fingerprint density at radius 3 is 2.77 bits per heavy atom. The number of benzene rings is 1. The molecule has 4 atom stereocenters. The molecule has 0 saturated heterocycles. The van der Waals surface area contributed by atoms with Crippen LogP contribution in [0.15, 0.2) is 33.8 Å². The zero-order valence-electron chi connectivity index (χ0n) is 17.7. The fourth-order valence-electron chi connectivity index (χ4n) is 5.22. The van der Waals surface area contributed by atoms with E-state index in [0.29, 0.717) is 29.3 Å². The van der Waals surface area contributed by atoms with E-state index in [0.717, 1.165) is 17.0 Å². The van der Waals surface area contributed by atoms with Crippen LogP contribution in [0.1, 0.15) is 56.3 Å². The molecule has 2 saturated carbocycles. The summed E-state index contributed by atoms with van der Waals surface area (Å²) in [6.45, 7) is 4.20. The van der Waals surface area contributed by atoms with Gasteiger partial charge in [0.05, 0.1) is 5.75 Å². The number of fused-ring (bicyclic) bond motifs is 2. The molecule has 164 valence electrons. The van der Waals surface area contributed by atoms with E-state index >= 15 is 0 Å². The van der Waals surface area contributed by atoms with E-state index in [9.17, 15) is 4.39 Å². The summed E-state index contributed by atoms with van der Waals surface area (Å²) >= 11 is 1.53. The SMILES string of the molecule is Cc1nnc(CSc2nnc(COc3ccccc3F)n2C(C)C2CC3CCC2C3)o1. The first kappa shape index (κ1) is 20.5. The Balaban J connectivity index is 1.38. The standard InChI is InChI=1S/C22H26FN5O2S/c1-13(17-10-15-7-8-16(17)9-15)28-20(11-29-19-6-4-3-5-18(19)23)25-27-22(28)31-12-21-26-24-14(2)30-21/h3-6,13,15-17H,7-12H2,1-2H3. The van der Waals surface area contributed by atoms with Crippen molar-refractivity contribution in [3.63, 3.8) is 0 Å². The molecule has 2 aromatic heterocycles. The molecule has 2 fully saturated rings. The normalized spacial score (nSPS) is 23.4. The van der Waals surface area contributed by atoms with Gasteiger partial charge in [0, 0.05) is 13.0 Å². The third-order valence-corrected chi connectivity index (χ3v) is 7.57. The van der Waals surface area contributed by atoms with Crippen molar-refractivity contribution in [3.05, 3.63) is 47.7 Å². The number of aromatic nitrogens is 5. The molecule has 0 amide bonds. The number of hydrogen-bond donors (Lipinski definition) is 0. The van der Waals surface area contributed by atoms with Crippen molar-refractivity contribution in [2.24, 2.45) is 17.8 Å². The highest BCUT2D eigenvalue weighted by molar-refractivity contribution is 7.98. The number of hydrogen-bond acceptors (Lipinski definition) is 7. The molecular weight excluding hydrogens is 417 g/mol. The van der Waals surface area contributed by atoms with Gasteiger partial charge in [0.2, 0.25) is 11.8 Å². The van der Waals surface area contributed by atoms with Gasteiger partial charge in [-0.1, -0.05) is 30.3 Å². The van der Waals surface area contributed by atoms with E-state index in [2.05, 4.69) is 31.9 Å². The van der Waals surface area contributed by atoms with Gasteiger partial charge in [0.25, 0.3) is 0 Å². The third-order valence-electron chi connectivity index (χ3n) is 6.64. The minimum Gasteiger partial charge on any atom is -0.483 e. The van der Waals surface area contributed by atoms with Gasteiger partial charge in [-0.05, 0) is 56.1 Å². The Kier molecular flexibility index (Phi) is 5.69. The van der Waals surface area contributed by atoms with Gasteiger partial charge in [-0.25, -0.2) is 4.39 Å². The summed E-state index contributed by atoms with van der Waals surface area (Å²) < 4.78 is 27.5. The van der Waals surface area contributed by atoms with E-state index in [-0.39, 0.29) is 24.2 Å². The molecule has 0 N–H and O–H groups in total. The second-order valence-corrected chi connectivity index (χ2v) is 9.51. The number of nitrogens with zero attached hydrogens (tertiary/aromatic N) is 5. The van der Waals surface area contributed by atoms with E-state index in [1.165, 1.54) is 43.5 Å². The third kappa shape index (κ3) is 4.20. The number of para-hydroxylation sites is 1. The van der Waals surface area contributed by atoms with Crippen molar-refractivity contribution >= 4 is 11.8 Å². The Labute approximate surface area is 184 Å². The highest BCUT2D eigenvalue weighted by Crippen LogP contribution is 2.52. The zero-order valence-corrected chi connectivity index (χ0v) is 18.5. The molecular formula is C22H26FN5O2S. The van der Waals surface area contributed by atoms with Crippen LogP contribution < -0.4 is 4.74 Å². The Morgan fingerprint density at radius 2 is 2.06 bits per heavy atom. The monoisotopic (exact) mass is 443 g/mol. The van der Waals surface area contributed by atoms with Crippen LogP contribution in [0.4, 0.5) is 4.39 Å². The van der Waals surface area contributed by atoms with Crippen LogP contribution >= 0.6 is 11.8 Å². The quantitative estimate of drug-likeness (QED) is 0.454. The smallest absolute Gasteiger partial charge is 0.226 e. The minimum absolute atomic E-state index is 0.166. The number of thioether (sulfide) groups is 1. The molecule has 0 aliphatic heterocycles. The first-order chi connectivity index (χ1) is 15.1. The van der Waals surface area contributed by atoms with Crippen LogP contribution in [-0.2, 0) is 12.4 Å². The van der Waals surface area contributed by atoms with Gasteiger partial charge in [-0.3, -0.25) is 4.57 Å². The van der Waals surface area contributed by atoms with E-state index in [1.54, 1.807) is 25.1 Å². The zero-order chi connectivity index (χ0) is 21.4. The van der Waals surface area contributed by atoms with Crippen molar-refractivity contribution < 1.29 is 13.5 Å². The maximum Gasteiger partial charge on any atom is 0.226 e. The lowest BCUT2D eigenvalue weighted by Crippen LogP contribution is -2.24. The Hall–Kier alpha value is -2.42. The van der Waals surface area contributed by atoms with Gasteiger partial charge in [0.1, 0.15) is 6.61 Å². The Morgan fingerprint density at radius 1 is 1.19 bits per heavy atom. The van der Waals surface area contributed by atoms with E-state index in [4.69, 9.17) is 9.15 Å². The average molecular weight is 444 g/mol. The van der Waals surface area contributed by atoms with Gasteiger partial charge < -0.3 is 9.15 Å². The van der Waals surface area contributed by atoms with Crippen molar-refractivity contribution in [2.75, 3.05) is 0 Å². The van der Waals surface area contributed by atoms with Crippen molar-refractivity contribution in [2.45, 2.75) is 63.1 Å². The van der Waals surface area contributed by atoms with Crippen LogP contribution in [0.3, 0.4) is 0 Å². The molecule has 2 aliphatic carbocycles. The number of halogens is 1. The first-order valence-corrected chi connectivity index (χ1v) is 11.8. The summed E-state index contributed by atoms with van der Waals surface area (Å²) in [4.78, 5) is 0. The molecule has 2 bridgehead atoms. The number of ether oxygens (including phenoxy) is 1. The van der Waals surface area contributed by atoms with Crippen LogP contribution in [0.25, 0.3) is 0 Å². The molecule has 4 unspecified atom stereocenters. The fraction of sp³-hybridized carbons (Fsp3) is 0.545. The maximum atomic E-state index is 14.0. The summed E-state index contributed by atoms with van der Waals surface area (Å²) in [5, 5.41) is 17.6. The lowest BCUT2D eigenvalue weighted by atomic mass is 9.84. The molecule has 5 rings (SSSR count). The fourth-order valence-corrected chi connectivity index (χ4v) is 6.09. The lowest BCUT2D eigenvalue weighted by molar-refractivity contribution is 0.215. The maximum absolute atomic E-state index is 14.0. The van der Waals surface area contributed by atoms with Crippen molar-refractivity contribution in [3.8, 4) is 5.75 Å². The predicted molar refractivity (Wildman–Crippen MR) is 113 cm³/mol.